The van der Waals surface area contributed by atoms with Gasteiger partial charge >= 0.3 is 0 Å². The Morgan fingerprint density at radius 2 is 0.840 bits per heavy atom. The summed E-state index contributed by atoms with van der Waals surface area (Å²) in [6.45, 7) is 2.29. The molecule has 0 aromatic carbocycles. The maximum Gasteiger partial charge on any atom is -0.00625 e. The molecule has 0 radical (unpaired) electrons. The Balaban J connectivity index is 3.00. The molecule has 0 atom stereocenters. The van der Waals surface area contributed by atoms with Gasteiger partial charge in [-0.2, -0.15) is 0 Å². The molecule has 25 heavy (non-hydrogen) atoms. The van der Waals surface area contributed by atoms with Gasteiger partial charge in [0.15, 0.2) is 0 Å². The van der Waals surface area contributed by atoms with E-state index < -0.39 is 0 Å². The SMILES string of the molecule is CCCCCCCCCCCCCCCCCCCCC=CC=CN. The van der Waals surface area contributed by atoms with Crippen molar-refractivity contribution in [2.45, 2.75) is 129 Å². The van der Waals surface area contributed by atoms with Crippen LogP contribution in [0.1, 0.15) is 129 Å². The molecule has 0 aromatic rings. The first-order chi connectivity index (χ1) is 12.4. The van der Waals surface area contributed by atoms with E-state index in [2.05, 4.69) is 13.0 Å². The lowest BCUT2D eigenvalue weighted by atomic mass is 10.0. The zero-order chi connectivity index (χ0) is 18.3. The molecule has 0 spiro atoms. The van der Waals surface area contributed by atoms with E-state index in [-0.39, 0.29) is 0 Å². The molecule has 0 rings (SSSR count). The third-order valence-electron chi connectivity index (χ3n) is 5.08. The maximum absolute atomic E-state index is 5.28. The van der Waals surface area contributed by atoms with Gasteiger partial charge in [-0.05, 0) is 25.1 Å². The molecule has 0 bridgehead atoms. The Labute approximate surface area is 159 Å². The van der Waals surface area contributed by atoms with E-state index in [4.69, 9.17) is 5.73 Å². The molecule has 0 heterocycles. The predicted octanol–water partition coefficient (Wildman–Crippen LogP) is 8.45. The molecule has 0 fully saturated rings. The topological polar surface area (TPSA) is 26.0 Å². The minimum atomic E-state index is 1.20. The lowest BCUT2D eigenvalue weighted by Gasteiger charge is -2.03. The van der Waals surface area contributed by atoms with Crippen molar-refractivity contribution < 1.29 is 0 Å². The van der Waals surface area contributed by atoms with Gasteiger partial charge in [-0.25, -0.2) is 0 Å². The van der Waals surface area contributed by atoms with Crippen LogP contribution in [0.15, 0.2) is 24.4 Å². The van der Waals surface area contributed by atoms with Crippen molar-refractivity contribution >= 4 is 0 Å². The molecular weight excluding hydrogens is 302 g/mol. The Morgan fingerprint density at radius 3 is 1.20 bits per heavy atom. The van der Waals surface area contributed by atoms with Crippen molar-refractivity contribution in [3.05, 3.63) is 24.4 Å². The molecular formula is C24H47N. The van der Waals surface area contributed by atoms with Gasteiger partial charge in [0, 0.05) is 0 Å². The van der Waals surface area contributed by atoms with E-state index in [1.807, 2.05) is 12.2 Å². The van der Waals surface area contributed by atoms with Gasteiger partial charge in [0.1, 0.15) is 0 Å². The largest absolute Gasteiger partial charge is 0.405 e. The fourth-order valence-corrected chi connectivity index (χ4v) is 3.40. The summed E-state index contributed by atoms with van der Waals surface area (Å²) in [5, 5.41) is 0. The van der Waals surface area contributed by atoms with Crippen molar-refractivity contribution in [3.8, 4) is 0 Å². The number of allylic oxidation sites excluding steroid dienone is 3. The van der Waals surface area contributed by atoms with Gasteiger partial charge in [-0.3, -0.25) is 0 Å². The predicted molar refractivity (Wildman–Crippen MR) is 116 cm³/mol. The first-order valence-electron chi connectivity index (χ1n) is 11.4. The standard InChI is InChI=1S/C24H47N/c1-2-3-4-5-6-7-8-9-10-11-12-13-14-15-16-17-18-19-20-21-22-23-24-25/h21-24H,2-20,25H2,1H3. The van der Waals surface area contributed by atoms with E-state index >= 15 is 0 Å². The number of hydrogen-bond acceptors (Lipinski definition) is 1. The van der Waals surface area contributed by atoms with Crippen molar-refractivity contribution in [1.82, 2.24) is 0 Å². The van der Waals surface area contributed by atoms with Crippen LogP contribution in [-0.2, 0) is 0 Å². The van der Waals surface area contributed by atoms with Gasteiger partial charge in [0.05, 0.1) is 0 Å². The van der Waals surface area contributed by atoms with Crippen molar-refractivity contribution in [2.24, 2.45) is 5.73 Å². The van der Waals surface area contributed by atoms with Gasteiger partial charge < -0.3 is 5.73 Å². The second-order valence-electron chi connectivity index (χ2n) is 7.61. The van der Waals surface area contributed by atoms with E-state index in [1.54, 1.807) is 6.20 Å². The summed E-state index contributed by atoms with van der Waals surface area (Å²) in [5.41, 5.74) is 5.28. The highest BCUT2D eigenvalue weighted by Crippen LogP contribution is 2.14. The molecule has 0 saturated heterocycles. The lowest BCUT2D eigenvalue weighted by Crippen LogP contribution is -1.84. The Kier molecular flexibility index (Phi) is 22.6. The summed E-state index contributed by atoms with van der Waals surface area (Å²) >= 11 is 0. The average Bonchev–Trinajstić information content (AvgIpc) is 2.63. The summed E-state index contributed by atoms with van der Waals surface area (Å²) < 4.78 is 0. The molecule has 0 aliphatic carbocycles. The smallest absolute Gasteiger partial charge is 0.00625 e. The summed E-state index contributed by atoms with van der Waals surface area (Å²) in [6, 6.07) is 0. The summed E-state index contributed by atoms with van der Waals surface area (Å²) in [7, 11) is 0. The molecule has 0 aliphatic heterocycles. The highest BCUT2D eigenvalue weighted by molar-refractivity contribution is 5.00. The lowest BCUT2D eigenvalue weighted by molar-refractivity contribution is 0.525. The molecule has 1 heteroatoms. The number of rotatable bonds is 20. The van der Waals surface area contributed by atoms with Crippen LogP contribution in [0.5, 0.6) is 0 Å². The molecule has 0 unspecified atom stereocenters. The summed E-state index contributed by atoms with van der Waals surface area (Å²) in [5.74, 6) is 0. The molecule has 0 aromatic heterocycles. The van der Waals surface area contributed by atoms with Gasteiger partial charge in [0.25, 0.3) is 0 Å². The van der Waals surface area contributed by atoms with Crippen LogP contribution in [0, 0.1) is 0 Å². The molecule has 0 aliphatic rings. The Morgan fingerprint density at radius 1 is 0.480 bits per heavy atom. The summed E-state index contributed by atoms with van der Waals surface area (Å²) in [6.07, 6.45) is 34.9. The first-order valence-corrected chi connectivity index (χ1v) is 11.4. The fourth-order valence-electron chi connectivity index (χ4n) is 3.40. The van der Waals surface area contributed by atoms with E-state index in [1.165, 1.54) is 122 Å². The second kappa shape index (κ2) is 23.3. The van der Waals surface area contributed by atoms with E-state index in [0.717, 1.165) is 0 Å². The average molecular weight is 350 g/mol. The van der Waals surface area contributed by atoms with Gasteiger partial charge in [0.2, 0.25) is 0 Å². The number of hydrogen-bond donors (Lipinski definition) is 1. The Hall–Kier alpha value is -0.720. The molecule has 0 saturated carbocycles. The third-order valence-corrected chi connectivity index (χ3v) is 5.08. The van der Waals surface area contributed by atoms with E-state index in [0.29, 0.717) is 0 Å². The number of nitrogens with two attached hydrogens (primary N) is 1. The molecule has 2 N–H and O–H groups in total. The van der Waals surface area contributed by atoms with Crippen LogP contribution in [0.2, 0.25) is 0 Å². The quantitative estimate of drug-likeness (QED) is 0.173. The van der Waals surface area contributed by atoms with E-state index in [9.17, 15) is 0 Å². The highest BCUT2D eigenvalue weighted by Gasteiger charge is 1.94. The van der Waals surface area contributed by atoms with Crippen LogP contribution in [0.3, 0.4) is 0 Å². The maximum atomic E-state index is 5.28. The highest BCUT2D eigenvalue weighted by atomic mass is 14.5. The second-order valence-corrected chi connectivity index (χ2v) is 7.61. The zero-order valence-electron chi connectivity index (χ0n) is 17.3. The van der Waals surface area contributed by atoms with Crippen molar-refractivity contribution in [3.63, 3.8) is 0 Å². The summed E-state index contributed by atoms with van der Waals surface area (Å²) in [4.78, 5) is 0. The number of unbranched alkanes of at least 4 members (excludes halogenated alkanes) is 18. The third kappa shape index (κ3) is 23.3. The van der Waals surface area contributed by atoms with Crippen LogP contribution in [-0.4, -0.2) is 0 Å². The van der Waals surface area contributed by atoms with Crippen LogP contribution < -0.4 is 5.73 Å². The molecule has 0 amide bonds. The Bertz CT molecular complexity index is 280. The van der Waals surface area contributed by atoms with Crippen LogP contribution in [0.4, 0.5) is 0 Å². The van der Waals surface area contributed by atoms with Crippen LogP contribution in [0.25, 0.3) is 0 Å². The van der Waals surface area contributed by atoms with Crippen molar-refractivity contribution in [2.75, 3.05) is 0 Å². The van der Waals surface area contributed by atoms with Gasteiger partial charge in [-0.1, -0.05) is 128 Å². The van der Waals surface area contributed by atoms with Crippen molar-refractivity contribution in [1.29, 1.82) is 0 Å². The van der Waals surface area contributed by atoms with Gasteiger partial charge in [-0.15, -0.1) is 0 Å². The monoisotopic (exact) mass is 349 g/mol. The minimum absolute atomic E-state index is 1.20. The fraction of sp³-hybridized carbons (Fsp3) is 0.833. The molecule has 1 nitrogen and oxygen atoms in total. The minimum Gasteiger partial charge on any atom is -0.405 e. The zero-order valence-corrected chi connectivity index (χ0v) is 17.3. The molecule has 148 valence electrons. The normalized spacial score (nSPS) is 11.9. The van der Waals surface area contributed by atoms with Crippen LogP contribution >= 0.6 is 0 Å². The first kappa shape index (κ1) is 24.3.